The fourth-order valence-corrected chi connectivity index (χ4v) is 4.55. The second-order valence-electron chi connectivity index (χ2n) is 8.49. The summed E-state index contributed by atoms with van der Waals surface area (Å²) in [7, 11) is 0. The van der Waals surface area contributed by atoms with Crippen molar-refractivity contribution in [2.24, 2.45) is 17.1 Å². The van der Waals surface area contributed by atoms with Gasteiger partial charge in [-0.25, -0.2) is 0 Å². The lowest BCUT2D eigenvalue weighted by Crippen LogP contribution is -2.76. The molecule has 6 heteroatoms. The molecule has 2 unspecified atom stereocenters. The van der Waals surface area contributed by atoms with Crippen LogP contribution in [0.5, 0.6) is 0 Å². The zero-order chi connectivity index (χ0) is 18.1. The largest absolute Gasteiger partial charge is 0.379 e. The number of carbonyl (C=O) groups is 1. The van der Waals surface area contributed by atoms with Gasteiger partial charge in [-0.05, 0) is 25.7 Å². The Bertz CT molecular complexity index is 471. The third-order valence-corrected chi connectivity index (χ3v) is 6.73. The number of hydrogen-bond acceptors (Lipinski definition) is 5. The summed E-state index contributed by atoms with van der Waals surface area (Å²) in [5.74, 6) is 0.805. The Hall–Kier alpha value is -0.690. The van der Waals surface area contributed by atoms with Crippen LogP contribution in [0.3, 0.4) is 0 Å². The lowest BCUT2D eigenvalue weighted by molar-refractivity contribution is -0.180. The van der Waals surface area contributed by atoms with Gasteiger partial charge in [0, 0.05) is 51.2 Å². The second kappa shape index (κ2) is 7.51. The van der Waals surface area contributed by atoms with Gasteiger partial charge in [-0.3, -0.25) is 9.69 Å². The van der Waals surface area contributed by atoms with Crippen LogP contribution in [0.25, 0.3) is 0 Å². The third-order valence-electron chi connectivity index (χ3n) is 6.73. The fourth-order valence-electron chi connectivity index (χ4n) is 4.55. The Morgan fingerprint density at radius 3 is 2.40 bits per heavy atom. The third kappa shape index (κ3) is 3.59. The summed E-state index contributed by atoms with van der Waals surface area (Å²) < 4.78 is 11.2. The number of carbonyl (C=O) groups excluding carboxylic acids is 1. The maximum Gasteiger partial charge on any atom is 0.243 e. The van der Waals surface area contributed by atoms with Crippen LogP contribution >= 0.6 is 0 Å². The van der Waals surface area contributed by atoms with Crippen molar-refractivity contribution in [3.8, 4) is 0 Å². The number of ether oxygens (including phenoxy) is 2. The van der Waals surface area contributed by atoms with E-state index >= 15 is 0 Å². The lowest BCUT2D eigenvalue weighted by atomic mass is 9.54. The molecule has 6 nitrogen and oxygen atoms in total. The first-order valence-electron chi connectivity index (χ1n) is 9.88. The molecule has 1 saturated carbocycles. The van der Waals surface area contributed by atoms with E-state index in [-0.39, 0.29) is 17.4 Å². The van der Waals surface area contributed by atoms with Crippen LogP contribution in [0.4, 0.5) is 0 Å². The average Bonchev–Trinajstić information content (AvgIpc) is 2.62. The van der Waals surface area contributed by atoms with Crippen LogP contribution in [-0.2, 0) is 14.3 Å². The molecule has 2 N–H and O–H groups in total. The summed E-state index contributed by atoms with van der Waals surface area (Å²) in [6.45, 7) is 13.4. The quantitative estimate of drug-likeness (QED) is 0.801. The zero-order valence-corrected chi connectivity index (χ0v) is 16.1. The van der Waals surface area contributed by atoms with Crippen LogP contribution < -0.4 is 5.73 Å². The molecule has 144 valence electrons. The van der Waals surface area contributed by atoms with Crippen LogP contribution in [0.2, 0.25) is 0 Å². The van der Waals surface area contributed by atoms with Gasteiger partial charge in [0.15, 0.2) is 0 Å². The first-order chi connectivity index (χ1) is 11.9. The molecule has 0 spiro atoms. The standard InChI is InChI=1S/C19H35N3O3/c1-4-25-16-13-19(20,18(16,2)3)17(23)22-7-5-15(6-8-22)14-21-9-11-24-12-10-21/h15-16H,4-14,20H2,1-3H3. The maximum absolute atomic E-state index is 13.1. The van der Waals surface area contributed by atoms with Crippen molar-refractivity contribution >= 4 is 5.91 Å². The van der Waals surface area contributed by atoms with Crippen molar-refractivity contribution in [2.45, 2.75) is 51.7 Å². The summed E-state index contributed by atoms with van der Waals surface area (Å²) >= 11 is 0. The van der Waals surface area contributed by atoms with E-state index in [0.717, 1.165) is 58.8 Å². The predicted molar refractivity (Wildman–Crippen MR) is 97.3 cm³/mol. The van der Waals surface area contributed by atoms with Gasteiger partial charge in [-0.1, -0.05) is 13.8 Å². The molecule has 3 fully saturated rings. The van der Waals surface area contributed by atoms with Crippen LogP contribution in [0, 0.1) is 11.3 Å². The predicted octanol–water partition coefficient (Wildman–Crippen LogP) is 1.09. The number of amides is 1. The van der Waals surface area contributed by atoms with Crippen molar-refractivity contribution < 1.29 is 14.3 Å². The smallest absolute Gasteiger partial charge is 0.243 e. The molecule has 0 aromatic rings. The Kier molecular flexibility index (Phi) is 5.73. The van der Waals surface area contributed by atoms with E-state index in [9.17, 15) is 4.79 Å². The number of hydrogen-bond donors (Lipinski definition) is 1. The minimum Gasteiger partial charge on any atom is -0.379 e. The summed E-state index contributed by atoms with van der Waals surface area (Å²) in [5.41, 5.74) is 5.49. The van der Waals surface area contributed by atoms with Crippen LogP contribution in [0.15, 0.2) is 0 Å². The molecule has 3 rings (SSSR count). The molecular formula is C19H35N3O3. The summed E-state index contributed by atoms with van der Waals surface area (Å²) in [5, 5.41) is 0. The molecule has 1 amide bonds. The van der Waals surface area contributed by atoms with E-state index in [4.69, 9.17) is 15.2 Å². The van der Waals surface area contributed by atoms with Gasteiger partial charge in [0.05, 0.1) is 19.3 Å². The minimum absolute atomic E-state index is 0.0882. The van der Waals surface area contributed by atoms with E-state index in [1.165, 1.54) is 0 Å². The van der Waals surface area contributed by atoms with Gasteiger partial charge in [0.1, 0.15) is 5.54 Å². The highest BCUT2D eigenvalue weighted by Gasteiger charge is 2.63. The van der Waals surface area contributed by atoms with E-state index in [0.29, 0.717) is 18.9 Å². The van der Waals surface area contributed by atoms with Crippen LogP contribution in [-0.4, -0.2) is 79.9 Å². The summed E-state index contributed by atoms with van der Waals surface area (Å²) in [4.78, 5) is 17.6. The number of nitrogens with two attached hydrogens (primary N) is 1. The molecule has 2 aliphatic heterocycles. The summed E-state index contributed by atoms with van der Waals surface area (Å²) in [6, 6.07) is 0. The molecule has 25 heavy (non-hydrogen) atoms. The molecule has 0 aromatic heterocycles. The van der Waals surface area contributed by atoms with Gasteiger partial charge in [-0.15, -0.1) is 0 Å². The molecule has 0 aromatic carbocycles. The highest BCUT2D eigenvalue weighted by atomic mass is 16.5. The fraction of sp³-hybridized carbons (Fsp3) is 0.947. The second-order valence-corrected chi connectivity index (χ2v) is 8.49. The van der Waals surface area contributed by atoms with Gasteiger partial charge in [-0.2, -0.15) is 0 Å². The molecule has 1 aliphatic carbocycles. The van der Waals surface area contributed by atoms with Crippen LogP contribution in [0.1, 0.15) is 40.0 Å². The van der Waals surface area contributed by atoms with Gasteiger partial charge in [0.2, 0.25) is 5.91 Å². The highest BCUT2D eigenvalue weighted by molar-refractivity contribution is 5.89. The van der Waals surface area contributed by atoms with Crippen molar-refractivity contribution in [1.29, 1.82) is 0 Å². The van der Waals surface area contributed by atoms with Crippen molar-refractivity contribution in [1.82, 2.24) is 9.80 Å². The number of likely N-dealkylation sites (tertiary alicyclic amines) is 1. The number of nitrogens with zero attached hydrogens (tertiary/aromatic N) is 2. The van der Waals surface area contributed by atoms with Gasteiger partial charge in [0.25, 0.3) is 0 Å². The number of piperidine rings is 1. The Morgan fingerprint density at radius 1 is 1.20 bits per heavy atom. The van der Waals surface area contributed by atoms with Gasteiger partial charge >= 0.3 is 0 Å². The average molecular weight is 354 g/mol. The SMILES string of the molecule is CCOC1CC(N)(C(=O)N2CCC(CN3CCOCC3)CC2)C1(C)C. The van der Waals surface area contributed by atoms with E-state index < -0.39 is 5.54 Å². The topological polar surface area (TPSA) is 68.0 Å². The van der Waals surface area contributed by atoms with Crippen molar-refractivity contribution in [3.05, 3.63) is 0 Å². The van der Waals surface area contributed by atoms with Crippen molar-refractivity contribution in [2.75, 3.05) is 52.5 Å². The number of morpholine rings is 1. The Morgan fingerprint density at radius 2 is 1.84 bits per heavy atom. The number of rotatable bonds is 5. The van der Waals surface area contributed by atoms with Gasteiger partial charge < -0.3 is 20.1 Å². The zero-order valence-electron chi connectivity index (χ0n) is 16.1. The normalized spacial score (nSPS) is 33.9. The summed E-state index contributed by atoms with van der Waals surface area (Å²) in [6.07, 6.45) is 2.88. The van der Waals surface area contributed by atoms with E-state index in [1.54, 1.807) is 0 Å². The molecular weight excluding hydrogens is 318 g/mol. The van der Waals surface area contributed by atoms with Crippen molar-refractivity contribution in [3.63, 3.8) is 0 Å². The molecule has 2 heterocycles. The Balaban J connectivity index is 1.50. The lowest BCUT2D eigenvalue weighted by Gasteiger charge is -2.59. The molecule has 2 atom stereocenters. The molecule has 0 bridgehead atoms. The maximum atomic E-state index is 13.1. The first-order valence-corrected chi connectivity index (χ1v) is 9.88. The molecule has 3 aliphatic rings. The Labute approximate surface area is 152 Å². The molecule has 2 saturated heterocycles. The highest BCUT2D eigenvalue weighted by Crippen LogP contribution is 2.50. The first kappa shape index (κ1) is 19.1. The van der Waals surface area contributed by atoms with E-state index in [2.05, 4.69) is 18.7 Å². The monoisotopic (exact) mass is 353 g/mol. The molecule has 0 radical (unpaired) electrons. The minimum atomic E-state index is -0.774. The van der Waals surface area contributed by atoms with E-state index in [1.807, 2.05) is 11.8 Å².